The van der Waals surface area contributed by atoms with E-state index in [-0.39, 0.29) is 5.41 Å². The second-order valence-corrected chi connectivity index (χ2v) is 11.8. The van der Waals surface area contributed by atoms with E-state index in [1.54, 1.807) is 7.11 Å². The summed E-state index contributed by atoms with van der Waals surface area (Å²) in [5, 5.41) is 2.45. The van der Waals surface area contributed by atoms with Crippen LogP contribution in [0, 0.1) is 0 Å². The number of para-hydroxylation sites is 2. The van der Waals surface area contributed by atoms with Gasteiger partial charge in [0.1, 0.15) is 5.75 Å². The number of fused-ring (bicyclic) bond motifs is 6. The molecular weight excluding hydrogens is 524 g/mol. The molecule has 0 fully saturated rings. The van der Waals surface area contributed by atoms with Crippen molar-refractivity contribution >= 4 is 38.9 Å². The molecule has 208 valence electrons. The molecule has 0 unspecified atom stereocenters. The number of nitrogens with zero attached hydrogens (tertiary/aromatic N) is 2. The fourth-order valence-corrected chi connectivity index (χ4v) is 7.03. The standard InChI is InChI=1S/C40H32N2O/c1-40(2)34-16-9-7-14-31(34)32-25-22-29(26-35(32)40)42-36-17-10-8-15-33(36)39-37(18-11-19-38(39)42)41(27-12-5-4-6-13-27)28-20-23-30(43-3)24-21-28/h4-26H,1-3H3. The van der Waals surface area contributed by atoms with Crippen LogP contribution in [-0.4, -0.2) is 11.7 Å². The lowest BCUT2D eigenvalue weighted by Crippen LogP contribution is -2.15. The third-order valence-electron chi connectivity index (χ3n) is 9.09. The quantitative estimate of drug-likeness (QED) is 0.210. The van der Waals surface area contributed by atoms with Gasteiger partial charge in [0.25, 0.3) is 0 Å². The molecule has 8 rings (SSSR count). The van der Waals surface area contributed by atoms with Crippen LogP contribution in [0.15, 0.2) is 140 Å². The van der Waals surface area contributed by atoms with Crippen LogP contribution in [0.5, 0.6) is 5.75 Å². The van der Waals surface area contributed by atoms with E-state index >= 15 is 0 Å². The van der Waals surface area contributed by atoms with Gasteiger partial charge in [0.2, 0.25) is 0 Å². The zero-order valence-electron chi connectivity index (χ0n) is 24.6. The average molecular weight is 557 g/mol. The summed E-state index contributed by atoms with van der Waals surface area (Å²) in [6.45, 7) is 4.69. The van der Waals surface area contributed by atoms with Crippen molar-refractivity contribution in [2.24, 2.45) is 0 Å². The number of aromatic nitrogens is 1. The molecule has 0 amide bonds. The minimum absolute atomic E-state index is 0.0651. The number of hydrogen-bond acceptors (Lipinski definition) is 2. The van der Waals surface area contributed by atoms with Gasteiger partial charge in [-0.3, -0.25) is 0 Å². The monoisotopic (exact) mass is 556 g/mol. The van der Waals surface area contributed by atoms with E-state index in [2.05, 4.69) is 151 Å². The number of rotatable bonds is 5. The van der Waals surface area contributed by atoms with Gasteiger partial charge in [-0.15, -0.1) is 0 Å². The molecule has 0 saturated heterocycles. The molecule has 1 aliphatic carbocycles. The van der Waals surface area contributed by atoms with E-state index in [0.717, 1.165) is 22.8 Å². The van der Waals surface area contributed by atoms with Crippen LogP contribution >= 0.6 is 0 Å². The highest BCUT2D eigenvalue weighted by atomic mass is 16.5. The smallest absolute Gasteiger partial charge is 0.119 e. The lowest BCUT2D eigenvalue weighted by Gasteiger charge is -2.26. The highest BCUT2D eigenvalue weighted by Crippen LogP contribution is 2.50. The third kappa shape index (κ3) is 3.81. The van der Waals surface area contributed by atoms with Crippen molar-refractivity contribution in [3.8, 4) is 22.6 Å². The molecule has 0 bridgehead atoms. The van der Waals surface area contributed by atoms with E-state index < -0.39 is 0 Å². The van der Waals surface area contributed by atoms with Gasteiger partial charge in [-0.2, -0.15) is 0 Å². The van der Waals surface area contributed by atoms with Gasteiger partial charge in [0.15, 0.2) is 0 Å². The van der Waals surface area contributed by atoms with Crippen LogP contribution in [0.2, 0.25) is 0 Å². The normalized spacial score (nSPS) is 13.2. The minimum Gasteiger partial charge on any atom is -0.497 e. The summed E-state index contributed by atoms with van der Waals surface area (Å²) in [5.41, 5.74) is 12.3. The summed E-state index contributed by atoms with van der Waals surface area (Å²) in [6, 6.07) is 50.2. The van der Waals surface area contributed by atoms with Gasteiger partial charge in [-0.1, -0.05) is 86.6 Å². The highest BCUT2D eigenvalue weighted by Gasteiger charge is 2.35. The summed E-state index contributed by atoms with van der Waals surface area (Å²) in [7, 11) is 1.71. The largest absolute Gasteiger partial charge is 0.497 e. The van der Waals surface area contributed by atoms with Crippen molar-refractivity contribution < 1.29 is 4.74 Å². The lowest BCUT2D eigenvalue weighted by atomic mass is 9.82. The molecule has 0 spiro atoms. The van der Waals surface area contributed by atoms with Crippen LogP contribution in [0.1, 0.15) is 25.0 Å². The Hall–Kier alpha value is -5.28. The van der Waals surface area contributed by atoms with Crippen molar-refractivity contribution in [2.75, 3.05) is 12.0 Å². The Labute approximate surface area is 252 Å². The van der Waals surface area contributed by atoms with Crippen LogP contribution in [0.4, 0.5) is 17.1 Å². The molecule has 0 aliphatic heterocycles. The summed E-state index contributed by atoms with van der Waals surface area (Å²) in [5.74, 6) is 0.841. The average Bonchev–Trinajstić information content (AvgIpc) is 3.51. The fraction of sp³-hybridized carbons (Fsp3) is 0.100. The molecule has 0 N–H and O–H groups in total. The first-order valence-electron chi connectivity index (χ1n) is 14.8. The molecule has 1 aliphatic rings. The molecule has 1 heterocycles. The molecule has 3 heteroatoms. The van der Waals surface area contributed by atoms with Crippen LogP contribution in [0.3, 0.4) is 0 Å². The third-order valence-corrected chi connectivity index (χ3v) is 9.09. The molecule has 3 nitrogen and oxygen atoms in total. The lowest BCUT2D eigenvalue weighted by molar-refractivity contribution is 0.415. The van der Waals surface area contributed by atoms with Crippen molar-refractivity contribution in [3.63, 3.8) is 0 Å². The number of ether oxygens (including phenoxy) is 1. The maximum atomic E-state index is 5.49. The summed E-state index contributed by atoms with van der Waals surface area (Å²) in [4.78, 5) is 2.35. The van der Waals surface area contributed by atoms with Gasteiger partial charge in [-0.05, 0) is 89.0 Å². The first kappa shape index (κ1) is 25.4. The zero-order valence-corrected chi connectivity index (χ0v) is 24.6. The van der Waals surface area contributed by atoms with Crippen molar-refractivity contribution in [1.82, 2.24) is 4.57 Å². The van der Waals surface area contributed by atoms with E-state index in [9.17, 15) is 0 Å². The van der Waals surface area contributed by atoms with Crippen LogP contribution in [0.25, 0.3) is 38.6 Å². The molecule has 43 heavy (non-hydrogen) atoms. The summed E-state index contributed by atoms with van der Waals surface area (Å²) < 4.78 is 7.92. The van der Waals surface area contributed by atoms with E-state index in [1.807, 2.05) is 12.1 Å². The highest BCUT2D eigenvalue weighted by molar-refractivity contribution is 6.16. The Morgan fingerprint density at radius 1 is 0.581 bits per heavy atom. The Kier molecular flexibility index (Phi) is 5.70. The first-order valence-corrected chi connectivity index (χ1v) is 14.8. The molecule has 7 aromatic rings. The number of methoxy groups -OCH3 is 1. The SMILES string of the molecule is COc1ccc(N(c2ccccc2)c2cccc3c2c2ccccc2n3-c2ccc3c(c2)C(C)(C)c2ccccc2-3)cc1. The van der Waals surface area contributed by atoms with E-state index in [1.165, 1.54) is 49.7 Å². The van der Waals surface area contributed by atoms with Gasteiger partial charge in [0, 0.05) is 33.2 Å². The second-order valence-electron chi connectivity index (χ2n) is 11.8. The number of hydrogen-bond donors (Lipinski definition) is 0. The molecule has 0 saturated carbocycles. The van der Waals surface area contributed by atoms with Crippen molar-refractivity contribution in [2.45, 2.75) is 19.3 Å². The summed E-state index contributed by atoms with van der Waals surface area (Å²) in [6.07, 6.45) is 0. The van der Waals surface area contributed by atoms with Gasteiger partial charge >= 0.3 is 0 Å². The van der Waals surface area contributed by atoms with Crippen LogP contribution < -0.4 is 9.64 Å². The fourth-order valence-electron chi connectivity index (χ4n) is 7.03. The Morgan fingerprint density at radius 3 is 2.07 bits per heavy atom. The van der Waals surface area contributed by atoms with Gasteiger partial charge in [-0.25, -0.2) is 0 Å². The Bertz CT molecular complexity index is 2140. The van der Waals surface area contributed by atoms with E-state index in [0.29, 0.717) is 0 Å². The minimum atomic E-state index is -0.0651. The molecule has 6 aromatic carbocycles. The molecule has 0 radical (unpaired) electrons. The van der Waals surface area contributed by atoms with Crippen molar-refractivity contribution in [1.29, 1.82) is 0 Å². The Balaban J connectivity index is 1.39. The summed E-state index contributed by atoms with van der Waals surface area (Å²) >= 11 is 0. The predicted octanol–water partition coefficient (Wildman–Crippen LogP) is 10.6. The maximum Gasteiger partial charge on any atom is 0.119 e. The Morgan fingerprint density at radius 2 is 1.26 bits per heavy atom. The van der Waals surface area contributed by atoms with E-state index in [4.69, 9.17) is 4.74 Å². The topological polar surface area (TPSA) is 17.4 Å². The molecule has 1 aromatic heterocycles. The zero-order chi connectivity index (χ0) is 29.1. The number of benzene rings is 6. The van der Waals surface area contributed by atoms with Crippen LogP contribution in [-0.2, 0) is 5.41 Å². The van der Waals surface area contributed by atoms with Crippen molar-refractivity contribution in [3.05, 3.63) is 151 Å². The maximum absolute atomic E-state index is 5.49. The molecule has 0 atom stereocenters. The predicted molar refractivity (Wildman–Crippen MR) is 180 cm³/mol. The first-order chi connectivity index (χ1) is 21.1. The van der Waals surface area contributed by atoms with Gasteiger partial charge < -0.3 is 14.2 Å². The van der Waals surface area contributed by atoms with Gasteiger partial charge in [0.05, 0.1) is 23.8 Å². The number of anilines is 3. The molecular formula is C40H32N2O. The second kappa shape index (κ2) is 9.64.